The lowest BCUT2D eigenvalue weighted by atomic mass is 9.69. The molecule has 0 amide bonds. The Hall–Kier alpha value is -2.22. The van der Waals surface area contributed by atoms with Crippen LogP contribution in [0.1, 0.15) is 83.1 Å². The van der Waals surface area contributed by atoms with Crippen molar-refractivity contribution in [3.63, 3.8) is 0 Å². The molecular weight excluding hydrogens is 383 g/mol. The highest BCUT2D eigenvalue weighted by molar-refractivity contribution is 5.78. The second-order valence-corrected chi connectivity index (χ2v) is 10.2. The van der Waals surface area contributed by atoms with E-state index in [0.29, 0.717) is 30.5 Å². The summed E-state index contributed by atoms with van der Waals surface area (Å²) >= 11 is 0. The molecular formula is C29H35FO. The van der Waals surface area contributed by atoms with Crippen molar-refractivity contribution in [1.82, 2.24) is 0 Å². The molecule has 3 aliphatic carbocycles. The van der Waals surface area contributed by atoms with E-state index in [9.17, 15) is 9.18 Å². The predicted molar refractivity (Wildman–Crippen MR) is 126 cm³/mol. The second kappa shape index (κ2) is 9.51. The fraction of sp³-hybridized carbons (Fsp3) is 0.483. The first-order valence-electron chi connectivity index (χ1n) is 12.0. The van der Waals surface area contributed by atoms with Crippen LogP contribution in [0, 0.1) is 17.2 Å². The molecule has 0 heterocycles. The van der Waals surface area contributed by atoms with Gasteiger partial charge in [0.25, 0.3) is 0 Å². The molecule has 0 fully saturated rings. The van der Waals surface area contributed by atoms with Gasteiger partial charge in [-0.25, -0.2) is 4.39 Å². The summed E-state index contributed by atoms with van der Waals surface area (Å²) in [6.07, 6.45) is 20.2. The van der Waals surface area contributed by atoms with E-state index in [1.165, 1.54) is 22.8 Å². The molecule has 0 aromatic heterocycles. The molecule has 0 radical (unpaired) electrons. The Labute approximate surface area is 186 Å². The maximum Gasteiger partial charge on any atom is 0.133 e. The molecule has 164 valence electrons. The quantitative estimate of drug-likeness (QED) is 0.486. The Kier molecular flexibility index (Phi) is 6.74. The highest BCUT2D eigenvalue weighted by Crippen LogP contribution is 2.44. The van der Waals surface area contributed by atoms with Gasteiger partial charge in [-0.3, -0.25) is 4.79 Å². The summed E-state index contributed by atoms with van der Waals surface area (Å²) in [6.45, 7) is 4.64. The minimum Gasteiger partial charge on any atom is -0.300 e. The molecule has 1 aromatic rings. The summed E-state index contributed by atoms with van der Waals surface area (Å²) in [5.41, 5.74) is 5.50. The van der Waals surface area contributed by atoms with Gasteiger partial charge < -0.3 is 0 Å². The third-order valence-corrected chi connectivity index (χ3v) is 7.52. The number of halogens is 1. The third-order valence-electron chi connectivity index (χ3n) is 7.52. The molecule has 31 heavy (non-hydrogen) atoms. The number of allylic oxidation sites excluding steroid dienone is 8. The lowest BCUT2D eigenvalue weighted by molar-refractivity contribution is -0.119. The van der Waals surface area contributed by atoms with Gasteiger partial charge in [0.15, 0.2) is 0 Å². The molecule has 4 rings (SSSR count). The molecule has 0 N–H and O–H groups in total. The zero-order chi connectivity index (χ0) is 21.8. The van der Waals surface area contributed by atoms with Crippen LogP contribution < -0.4 is 0 Å². The molecule has 3 aliphatic rings. The number of carbonyl (C=O) groups excluding carboxylic acids is 1. The normalized spacial score (nSPS) is 26.8. The fourth-order valence-electron chi connectivity index (χ4n) is 5.43. The third kappa shape index (κ3) is 5.34. The van der Waals surface area contributed by atoms with E-state index in [-0.39, 0.29) is 11.2 Å². The van der Waals surface area contributed by atoms with Crippen LogP contribution in [0.25, 0.3) is 0 Å². The molecule has 2 atom stereocenters. The van der Waals surface area contributed by atoms with Crippen molar-refractivity contribution in [2.45, 2.75) is 77.6 Å². The van der Waals surface area contributed by atoms with Crippen LogP contribution in [0.15, 0.2) is 71.4 Å². The van der Waals surface area contributed by atoms with Gasteiger partial charge in [-0.05, 0) is 79.5 Å². The number of benzene rings is 1. The average Bonchev–Trinajstić information content (AvgIpc) is 2.81. The standard InChI is InChI=1S/C29H35FO/c1-29(2)19-18-26(31)16-15-23-6-3-4-9-27(23)28(29)17-12-21-10-13-22(14-11-21)24-7-5-8-25(30)20-24/h4-5,7-10,12,17,20,22,28H,3,6,11,13-16,18-19H2,1-2H3/b17-12+. The predicted octanol–water partition coefficient (Wildman–Crippen LogP) is 8.01. The number of Topliss-reactive ketones (excluding diaryl/α,β-unsaturated/α-hetero) is 1. The highest BCUT2D eigenvalue weighted by atomic mass is 19.1. The average molecular weight is 419 g/mol. The molecule has 0 aliphatic heterocycles. The summed E-state index contributed by atoms with van der Waals surface area (Å²) in [5.74, 6) is 1.03. The zero-order valence-corrected chi connectivity index (χ0v) is 19.0. The molecule has 0 bridgehead atoms. The van der Waals surface area contributed by atoms with Gasteiger partial charge in [0, 0.05) is 18.8 Å². The van der Waals surface area contributed by atoms with Crippen molar-refractivity contribution in [2.24, 2.45) is 11.3 Å². The lowest BCUT2D eigenvalue weighted by Gasteiger charge is -2.35. The molecule has 2 heteroatoms. The van der Waals surface area contributed by atoms with Crippen LogP contribution in [0.3, 0.4) is 0 Å². The molecule has 2 unspecified atom stereocenters. The van der Waals surface area contributed by atoms with E-state index in [0.717, 1.165) is 50.5 Å². The number of hydrogen-bond donors (Lipinski definition) is 0. The number of hydrogen-bond acceptors (Lipinski definition) is 1. The molecule has 0 spiro atoms. The molecule has 1 nitrogen and oxygen atoms in total. The van der Waals surface area contributed by atoms with Crippen LogP contribution >= 0.6 is 0 Å². The smallest absolute Gasteiger partial charge is 0.133 e. The van der Waals surface area contributed by atoms with Crippen LogP contribution in [0.4, 0.5) is 4.39 Å². The van der Waals surface area contributed by atoms with Crippen LogP contribution in [0.2, 0.25) is 0 Å². The largest absolute Gasteiger partial charge is 0.300 e. The van der Waals surface area contributed by atoms with Crippen molar-refractivity contribution in [3.05, 3.63) is 82.7 Å². The van der Waals surface area contributed by atoms with Gasteiger partial charge in [-0.1, -0.05) is 67.5 Å². The highest BCUT2D eigenvalue weighted by Gasteiger charge is 2.33. The van der Waals surface area contributed by atoms with E-state index in [1.54, 1.807) is 6.07 Å². The summed E-state index contributed by atoms with van der Waals surface area (Å²) in [7, 11) is 0. The van der Waals surface area contributed by atoms with Gasteiger partial charge in [0.2, 0.25) is 0 Å². The van der Waals surface area contributed by atoms with Crippen molar-refractivity contribution >= 4 is 5.78 Å². The first-order valence-corrected chi connectivity index (χ1v) is 12.0. The maximum atomic E-state index is 13.6. The Morgan fingerprint density at radius 1 is 1.10 bits per heavy atom. The fourth-order valence-corrected chi connectivity index (χ4v) is 5.43. The Bertz CT molecular complexity index is 943. The second-order valence-electron chi connectivity index (χ2n) is 10.2. The summed E-state index contributed by atoms with van der Waals surface area (Å²) < 4.78 is 13.6. The minimum absolute atomic E-state index is 0.0537. The Morgan fingerprint density at radius 3 is 2.74 bits per heavy atom. The summed E-state index contributed by atoms with van der Waals surface area (Å²) in [6, 6.07) is 7.07. The van der Waals surface area contributed by atoms with Gasteiger partial charge >= 0.3 is 0 Å². The maximum absolute atomic E-state index is 13.6. The van der Waals surface area contributed by atoms with Gasteiger partial charge in [0.1, 0.15) is 11.6 Å². The van der Waals surface area contributed by atoms with E-state index < -0.39 is 0 Å². The van der Waals surface area contributed by atoms with Crippen LogP contribution in [-0.2, 0) is 4.79 Å². The van der Waals surface area contributed by atoms with E-state index >= 15 is 0 Å². The van der Waals surface area contributed by atoms with E-state index in [4.69, 9.17) is 0 Å². The minimum atomic E-state index is -0.141. The first kappa shape index (κ1) is 22.0. The Morgan fingerprint density at radius 2 is 1.97 bits per heavy atom. The Balaban J connectivity index is 1.55. The van der Waals surface area contributed by atoms with Crippen molar-refractivity contribution in [3.8, 4) is 0 Å². The summed E-state index contributed by atoms with van der Waals surface area (Å²) in [5, 5.41) is 0. The molecule has 1 aromatic carbocycles. The van der Waals surface area contributed by atoms with Crippen LogP contribution in [0.5, 0.6) is 0 Å². The van der Waals surface area contributed by atoms with Crippen molar-refractivity contribution in [2.75, 3.05) is 0 Å². The number of rotatable bonds is 3. The number of ketones is 1. The lowest BCUT2D eigenvalue weighted by Crippen LogP contribution is -2.25. The van der Waals surface area contributed by atoms with Crippen molar-refractivity contribution in [1.29, 1.82) is 0 Å². The number of carbonyl (C=O) groups is 1. The van der Waals surface area contributed by atoms with Gasteiger partial charge in [0.05, 0.1) is 0 Å². The van der Waals surface area contributed by atoms with Crippen LogP contribution in [-0.4, -0.2) is 5.78 Å². The molecule has 0 saturated carbocycles. The van der Waals surface area contributed by atoms with E-state index in [1.807, 2.05) is 12.1 Å². The van der Waals surface area contributed by atoms with Gasteiger partial charge in [-0.2, -0.15) is 0 Å². The SMILES string of the molecule is CC1(C)CCC(=O)CCC2=C(C=CCC2)C1/C=C/C1=CCC(c2cccc(F)c2)CC1. The monoisotopic (exact) mass is 418 g/mol. The zero-order valence-electron chi connectivity index (χ0n) is 19.0. The van der Waals surface area contributed by atoms with Crippen molar-refractivity contribution < 1.29 is 9.18 Å². The van der Waals surface area contributed by atoms with E-state index in [2.05, 4.69) is 44.2 Å². The summed E-state index contributed by atoms with van der Waals surface area (Å²) in [4.78, 5) is 12.3. The van der Waals surface area contributed by atoms with Gasteiger partial charge in [-0.15, -0.1) is 0 Å². The molecule has 0 saturated heterocycles. The topological polar surface area (TPSA) is 17.1 Å². The first-order chi connectivity index (χ1) is 14.9.